The number of hydrogen-bond donors (Lipinski definition) is 0. The Morgan fingerprint density at radius 2 is 0.300 bits per heavy atom. The molecule has 0 nitrogen and oxygen atoms in total. The summed E-state index contributed by atoms with van der Waals surface area (Å²) in [5, 5.41) is 0. The summed E-state index contributed by atoms with van der Waals surface area (Å²) in [6.07, 6.45) is 0. The van der Waals surface area contributed by atoms with Crippen molar-refractivity contribution in [2.75, 3.05) is 0 Å². The number of hydrogen-bond acceptors (Lipinski definition) is 0. The third-order valence-corrected chi connectivity index (χ3v) is 0. The fourth-order valence-corrected chi connectivity index (χ4v) is 0. The predicted octanol–water partition coefficient (Wildman–Crippen LogP) is -24.3. The second-order valence-corrected chi connectivity index (χ2v) is 0. The van der Waals surface area contributed by atoms with E-state index in [4.69, 9.17) is 0 Å². The standard InChI is InChI=1S/Be.8FH.U/h;8*1H;/q+2;;;;;;;;;/p-8. The maximum atomic E-state index is 0. The van der Waals surface area contributed by atoms with Crippen molar-refractivity contribution in [3.63, 3.8) is 0 Å². The van der Waals surface area contributed by atoms with Crippen molar-refractivity contribution >= 4 is 10.1 Å². The molecule has 0 atom stereocenters. The molecular weight excluding hydrogens is 399 g/mol. The van der Waals surface area contributed by atoms with Gasteiger partial charge in [-0.3, -0.25) is 0 Å². The third-order valence-electron chi connectivity index (χ3n) is 0. The molecule has 0 unspecified atom stereocenters. The van der Waals surface area contributed by atoms with Gasteiger partial charge in [0.05, 0.1) is 0 Å². The summed E-state index contributed by atoms with van der Waals surface area (Å²) in [5.74, 6) is 0. The van der Waals surface area contributed by atoms with Crippen LogP contribution in [0.4, 0.5) is 0 Å². The topological polar surface area (TPSA) is 0 Å². The van der Waals surface area contributed by atoms with Crippen LogP contribution in [0.15, 0.2) is 0 Å². The Hall–Kier alpha value is 0.661. The fourth-order valence-electron chi connectivity index (χ4n) is 0. The van der Waals surface area contributed by atoms with Crippen molar-refractivity contribution in [3.05, 3.63) is 0 Å². The first-order valence-corrected chi connectivity index (χ1v) is 0. The predicted molar refractivity (Wildman–Crippen MR) is 5.75 cm³/mol. The van der Waals surface area contributed by atoms with E-state index in [0.717, 1.165) is 0 Å². The molecule has 0 saturated heterocycles. The Morgan fingerprint density at radius 3 is 0.300 bits per heavy atom. The van der Waals surface area contributed by atoms with Crippen LogP contribution in [-0.4, -0.2) is 10.1 Å². The van der Waals surface area contributed by atoms with Crippen molar-refractivity contribution in [1.29, 1.82) is 0 Å². The molecule has 0 fully saturated rings. The Bertz CT molecular complexity index is 9.22. The molecule has 0 aliphatic heterocycles. The number of halogens is 8. The van der Waals surface area contributed by atoms with E-state index in [0.29, 0.717) is 0 Å². The van der Waals surface area contributed by atoms with E-state index in [1.165, 1.54) is 0 Å². The van der Waals surface area contributed by atoms with Gasteiger partial charge < -0.3 is 37.6 Å². The zero-order valence-corrected chi connectivity index (χ0v) is 8.39. The van der Waals surface area contributed by atoms with Crippen LogP contribution >= 0.6 is 0 Å². The van der Waals surface area contributed by atoms with E-state index in [1.54, 1.807) is 0 Å². The average Bonchev–Trinajstić information content (AvgIpc) is 0. The van der Waals surface area contributed by atoms with E-state index >= 15 is 0 Å². The molecule has 0 aromatic heterocycles. The molecule has 0 radical (unpaired) electrons. The maximum absolute atomic E-state index is 0. The minimum Gasteiger partial charge on any atom is -1.00 e. The van der Waals surface area contributed by atoms with E-state index in [-0.39, 0.29) is 78.9 Å². The van der Waals surface area contributed by atoms with Crippen molar-refractivity contribution in [2.24, 2.45) is 0 Å². The smallest absolute Gasteiger partial charge is 1.00 e. The van der Waals surface area contributed by atoms with Gasteiger partial charge in [0.15, 0.2) is 0 Å². The molecule has 0 N–H and O–H groups in total. The Balaban J connectivity index is 0. The van der Waals surface area contributed by atoms with Gasteiger partial charge >= 0.3 is 10.1 Å². The summed E-state index contributed by atoms with van der Waals surface area (Å²) in [5.41, 5.74) is 0. The first-order valence-electron chi connectivity index (χ1n) is 0. The zero-order valence-electron chi connectivity index (χ0n) is 4.23. The largest absolute Gasteiger partial charge is 2.00 e. The van der Waals surface area contributed by atoms with Gasteiger partial charge in [0.1, 0.15) is 0 Å². The average molecular weight is 399 g/mol. The first-order chi connectivity index (χ1) is 0. The second kappa shape index (κ2) is 1660. The molecule has 10 heavy (non-hydrogen) atoms. The Labute approximate surface area is 79.0 Å². The summed E-state index contributed by atoms with van der Waals surface area (Å²) < 4.78 is 0. The molecule has 0 bridgehead atoms. The fraction of sp³-hybridized carbons (Fsp3) is 0. The maximum Gasteiger partial charge on any atom is 2.00 e. The SMILES string of the molecule is [Be+2].[F-].[F-].[F-].[F-].[F-].[F-].[F-].[F-].[U]. The van der Waals surface area contributed by atoms with Gasteiger partial charge in [-0.1, -0.05) is 0 Å². The van der Waals surface area contributed by atoms with E-state index in [2.05, 4.69) is 0 Å². The van der Waals surface area contributed by atoms with Gasteiger partial charge in [0.25, 0.3) is 0 Å². The molecule has 0 heterocycles. The minimum atomic E-state index is 0. The molecule has 68 valence electrons. The molecule has 0 aromatic carbocycles. The quantitative estimate of drug-likeness (QED) is 0.281. The van der Waals surface area contributed by atoms with Crippen molar-refractivity contribution < 1.29 is 68.7 Å². The van der Waals surface area contributed by atoms with Crippen molar-refractivity contribution in [3.8, 4) is 0 Å². The second-order valence-electron chi connectivity index (χ2n) is 0. The zero-order chi connectivity index (χ0) is 0. The molecule has 10 heteroatoms. The van der Waals surface area contributed by atoms with Crippen LogP contribution in [0.5, 0.6) is 0 Å². The molecule has 0 spiro atoms. The van der Waals surface area contributed by atoms with Crippen LogP contribution in [0.2, 0.25) is 0 Å². The van der Waals surface area contributed by atoms with Crippen molar-refractivity contribution in [1.82, 2.24) is 0 Å². The van der Waals surface area contributed by atoms with Gasteiger partial charge in [-0.05, 0) is 0 Å². The van der Waals surface area contributed by atoms with Crippen LogP contribution in [0.25, 0.3) is 0 Å². The van der Waals surface area contributed by atoms with Gasteiger partial charge in [-0.2, -0.15) is 0 Å². The van der Waals surface area contributed by atoms with Crippen LogP contribution in [0, 0.1) is 31.1 Å². The normalized spacial score (nSPS) is 0. The Morgan fingerprint density at radius 1 is 0.300 bits per heavy atom. The first kappa shape index (κ1) is 2280. The molecule has 0 saturated carbocycles. The van der Waals surface area contributed by atoms with Crippen LogP contribution in [-0.2, 0) is 0 Å². The molecular formula is BeF8U-6. The van der Waals surface area contributed by atoms with Gasteiger partial charge in [-0.25, -0.2) is 0 Å². The summed E-state index contributed by atoms with van der Waals surface area (Å²) in [4.78, 5) is 0. The van der Waals surface area contributed by atoms with Gasteiger partial charge in [0.2, 0.25) is 0 Å². The van der Waals surface area contributed by atoms with Crippen molar-refractivity contribution in [2.45, 2.75) is 0 Å². The van der Waals surface area contributed by atoms with Gasteiger partial charge in [0, 0.05) is 31.1 Å². The Kier molecular flexibility index (Phi) is 378000. The molecule has 0 aliphatic carbocycles. The molecule has 0 aromatic rings. The van der Waals surface area contributed by atoms with Crippen LogP contribution in [0.3, 0.4) is 0 Å². The molecule has 0 aliphatic rings. The summed E-state index contributed by atoms with van der Waals surface area (Å²) in [6.45, 7) is 0. The summed E-state index contributed by atoms with van der Waals surface area (Å²) in [6, 6.07) is 0. The monoisotopic (exact) mass is 399 g/mol. The van der Waals surface area contributed by atoms with Crippen LogP contribution in [0.1, 0.15) is 0 Å². The van der Waals surface area contributed by atoms with E-state index in [9.17, 15) is 0 Å². The summed E-state index contributed by atoms with van der Waals surface area (Å²) >= 11 is 0. The van der Waals surface area contributed by atoms with Crippen LogP contribution < -0.4 is 37.6 Å². The van der Waals surface area contributed by atoms with E-state index in [1.807, 2.05) is 0 Å². The molecule has 0 amide bonds. The third kappa shape index (κ3) is 1160. The summed E-state index contributed by atoms with van der Waals surface area (Å²) in [7, 11) is 0. The van der Waals surface area contributed by atoms with E-state index < -0.39 is 0 Å². The minimum absolute atomic E-state index is 0. The molecule has 0 rings (SSSR count). The van der Waals surface area contributed by atoms with Gasteiger partial charge in [-0.15, -0.1) is 0 Å². The number of rotatable bonds is 0.